The number of phosphoric acid groups is 1. The summed E-state index contributed by atoms with van der Waals surface area (Å²) in [6, 6.07) is 0. The van der Waals surface area contributed by atoms with E-state index in [1.54, 1.807) is 0 Å². The molecule has 0 rings (SSSR count). The third kappa shape index (κ3) is 38.9. The first-order chi connectivity index (χ1) is 26.2. The van der Waals surface area contributed by atoms with Crippen molar-refractivity contribution in [3.05, 3.63) is 85.1 Å². The van der Waals surface area contributed by atoms with E-state index in [2.05, 4.69) is 85.9 Å². The van der Waals surface area contributed by atoms with Crippen LogP contribution in [-0.2, 0) is 32.7 Å². The average Bonchev–Trinajstić information content (AvgIpc) is 3.14. The molecule has 0 aliphatic heterocycles. The van der Waals surface area contributed by atoms with Gasteiger partial charge in [0.1, 0.15) is 6.61 Å². The number of rotatable bonds is 36. The summed E-state index contributed by atoms with van der Waals surface area (Å²) in [5.74, 6) is -0.967. The predicted molar refractivity (Wildman–Crippen MR) is 221 cm³/mol. The van der Waals surface area contributed by atoms with E-state index in [0.717, 1.165) is 70.6 Å². The molecule has 1 unspecified atom stereocenters. The van der Waals surface area contributed by atoms with Crippen LogP contribution in [0.15, 0.2) is 85.1 Å². The maximum absolute atomic E-state index is 12.5. The summed E-state index contributed by atoms with van der Waals surface area (Å²) < 4.78 is 32.6. The van der Waals surface area contributed by atoms with Crippen molar-refractivity contribution in [2.24, 2.45) is 5.73 Å². The minimum absolute atomic E-state index is 0.0303. The second kappa shape index (κ2) is 38.4. The Morgan fingerprint density at radius 2 is 1.09 bits per heavy atom. The Morgan fingerprint density at radius 1 is 0.630 bits per heavy atom. The van der Waals surface area contributed by atoms with E-state index < -0.39 is 32.5 Å². The summed E-state index contributed by atoms with van der Waals surface area (Å²) in [6.45, 7) is 3.10. The van der Waals surface area contributed by atoms with E-state index in [4.69, 9.17) is 24.3 Å². The summed E-state index contributed by atoms with van der Waals surface area (Å²) in [4.78, 5) is 34.7. The van der Waals surface area contributed by atoms with Gasteiger partial charge in [-0.15, -0.1) is 0 Å². The Labute approximate surface area is 326 Å². The molecule has 0 spiro atoms. The van der Waals surface area contributed by atoms with Crippen LogP contribution in [0.5, 0.6) is 0 Å². The van der Waals surface area contributed by atoms with Crippen molar-refractivity contribution in [3.63, 3.8) is 0 Å². The van der Waals surface area contributed by atoms with Crippen molar-refractivity contribution in [3.8, 4) is 0 Å². The van der Waals surface area contributed by atoms with Gasteiger partial charge in [0, 0.05) is 19.4 Å². The molecule has 54 heavy (non-hydrogen) atoms. The molecule has 0 radical (unpaired) electrons. The Bertz CT molecular complexity index is 1170. The molecule has 10 nitrogen and oxygen atoms in total. The normalized spacial score (nSPS) is 14.8. The molecular formula is C43H72NO9P. The van der Waals surface area contributed by atoms with E-state index in [1.807, 2.05) is 13.0 Å². The summed E-state index contributed by atoms with van der Waals surface area (Å²) in [5, 5.41) is 9.26. The fraction of sp³-hybridized carbons (Fsp3) is 0.628. The van der Waals surface area contributed by atoms with Gasteiger partial charge in [-0.1, -0.05) is 105 Å². The van der Waals surface area contributed by atoms with E-state index in [9.17, 15) is 24.2 Å². The third-order valence-corrected chi connectivity index (χ3v) is 8.76. The lowest BCUT2D eigenvalue weighted by molar-refractivity contribution is -0.161. The zero-order chi connectivity index (χ0) is 39.8. The molecule has 0 amide bonds. The van der Waals surface area contributed by atoms with Gasteiger partial charge in [-0.05, 0) is 103 Å². The Kier molecular flexibility index (Phi) is 36.4. The standard InChI is InChI=1S/C43H72NO9P/c1-3-4-5-6-7-8-9-10-12-17-20-23-26-29-32-35-43(47)53-41(39-52-54(48,49)51-37-36-44)38-50-42(46)34-31-28-25-22-19-16-14-11-13-15-18-21-24-27-30-33-40(2)45/h7-8,10,12-16,20-25,40-41,45H,3-6,9,11,17-19,26-39,44H2,1-2H3,(H,48,49)/b8-7-,12-10-,15-13-,16-14-,23-20-,24-21-,25-22-/t40-,41-/m1/s1. The van der Waals surface area contributed by atoms with Crippen LogP contribution in [0.3, 0.4) is 0 Å². The molecule has 0 fully saturated rings. The molecule has 0 aliphatic carbocycles. The van der Waals surface area contributed by atoms with Gasteiger partial charge in [0.2, 0.25) is 0 Å². The smallest absolute Gasteiger partial charge is 0.462 e. The highest BCUT2D eigenvalue weighted by Crippen LogP contribution is 2.43. The molecule has 0 aliphatic rings. The molecule has 4 N–H and O–H groups in total. The number of nitrogens with two attached hydrogens (primary N) is 1. The van der Waals surface area contributed by atoms with Crippen LogP contribution in [-0.4, -0.2) is 60.5 Å². The molecule has 11 heteroatoms. The second-order valence-electron chi connectivity index (χ2n) is 13.1. The van der Waals surface area contributed by atoms with E-state index >= 15 is 0 Å². The number of phosphoric ester groups is 1. The van der Waals surface area contributed by atoms with E-state index in [-0.39, 0.29) is 38.7 Å². The highest BCUT2D eigenvalue weighted by Gasteiger charge is 2.25. The lowest BCUT2D eigenvalue weighted by Gasteiger charge is -2.19. The lowest BCUT2D eigenvalue weighted by atomic mass is 10.1. The number of ether oxygens (including phenoxy) is 2. The first-order valence-corrected chi connectivity index (χ1v) is 21.6. The number of hydrogen-bond donors (Lipinski definition) is 3. The monoisotopic (exact) mass is 777 g/mol. The molecular weight excluding hydrogens is 705 g/mol. The van der Waals surface area contributed by atoms with Crippen molar-refractivity contribution < 1.29 is 42.7 Å². The molecule has 0 saturated carbocycles. The highest BCUT2D eigenvalue weighted by atomic mass is 31.2. The summed E-state index contributed by atoms with van der Waals surface area (Å²) >= 11 is 0. The molecule has 0 aromatic heterocycles. The first kappa shape index (κ1) is 51.1. The van der Waals surface area contributed by atoms with E-state index in [0.29, 0.717) is 19.3 Å². The molecule has 0 aromatic carbocycles. The molecule has 0 heterocycles. The van der Waals surface area contributed by atoms with Crippen LogP contribution in [0, 0.1) is 0 Å². The molecule has 0 aromatic rings. The maximum Gasteiger partial charge on any atom is 0.472 e. The third-order valence-electron chi connectivity index (χ3n) is 7.77. The number of esters is 2. The zero-order valence-electron chi connectivity index (χ0n) is 33.3. The Hall–Kier alpha value is -2.85. The lowest BCUT2D eigenvalue weighted by Crippen LogP contribution is -2.29. The van der Waals surface area contributed by atoms with Crippen molar-refractivity contribution in [1.29, 1.82) is 0 Å². The fourth-order valence-electron chi connectivity index (χ4n) is 4.77. The minimum Gasteiger partial charge on any atom is -0.462 e. The second-order valence-corrected chi connectivity index (χ2v) is 14.5. The Balaban J connectivity index is 4.38. The number of aliphatic hydroxyl groups is 1. The fourth-order valence-corrected chi connectivity index (χ4v) is 5.53. The average molecular weight is 778 g/mol. The SMILES string of the molecule is CCCCC/C=C\C/C=C\C/C=C\CCCCC(=O)O[C@H](COC(=O)CCC/C=C\C/C=C\C/C=C\C/C=C\CCC[C@@H](C)O)COP(=O)(O)OCCN. The van der Waals surface area contributed by atoms with Crippen molar-refractivity contribution >= 4 is 19.8 Å². The van der Waals surface area contributed by atoms with Crippen LogP contribution in [0.2, 0.25) is 0 Å². The zero-order valence-corrected chi connectivity index (χ0v) is 34.2. The van der Waals surface area contributed by atoms with Gasteiger partial charge < -0.3 is 25.2 Å². The van der Waals surface area contributed by atoms with Gasteiger partial charge in [0.05, 0.1) is 19.3 Å². The van der Waals surface area contributed by atoms with Gasteiger partial charge in [-0.2, -0.15) is 0 Å². The number of hydrogen-bond acceptors (Lipinski definition) is 9. The summed E-state index contributed by atoms with van der Waals surface area (Å²) in [6.07, 6.45) is 44.7. The van der Waals surface area contributed by atoms with Gasteiger partial charge in [-0.25, -0.2) is 4.57 Å². The van der Waals surface area contributed by atoms with Crippen LogP contribution < -0.4 is 5.73 Å². The van der Waals surface area contributed by atoms with Gasteiger partial charge >= 0.3 is 19.8 Å². The Morgan fingerprint density at radius 3 is 1.59 bits per heavy atom. The quantitative estimate of drug-likeness (QED) is 0.0242. The molecule has 308 valence electrons. The van der Waals surface area contributed by atoms with Gasteiger partial charge in [0.15, 0.2) is 6.10 Å². The number of carbonyl (C=O) groups is 2. The van der Waals surface area contributed by atoms with Crippen LogP contribution in [0.4, 0.5) is 0 Å². The van der Waals surface area contributed by atoms with Crippen LogP contribution in [0.1, 0.15) is 136 Å². The predicted octanol–water partition coefficient (Wildman–Crippen LogP) is 10.2. The largest absolute Gasteiger partial charge is 0.472 e. The number of allylic oxidation sites excluding steroid dienone is 14. The molecule has 0 bridgehead atoms. The summed E-state index contributed by atoms with van der Waals surface area (Å²) in [7, 11) is -4.41. The van der Waals surface area contributed by atoms with Gasteiger partial charge in [-0.3, -0.25) is 18.6 Å². The van der Waals surface area contributed by atoms with Crippen molar-refractivity contribution in [2.45, 2.75) is 148 Å². The molecule has 0 saturated heterocycles. The van der Waals surface area contributed by atoms with Crippen LogP contribution in [0.25, 0.3) is 0 Å². The molecule has 3 atom stereocenters. The number of carbonyl (C=O) groups excluding carboxylic acids is 2. The van der Waals surface area contributed by atoms with Crippen molar-refractivity contribution in [2.75, 3.05) is 26.4 Å². The minimum atomic E-state index is -4.41. The topological polar surface area (TPSA) is 155 Å². The van der Waals surface area contributed by atoms with Crippen LogP contribution >= 0.6 is 7.82 Å². The first-order valence-electron chi connectivity index (χ1n) is 20.1. The highest BCUT2D eigenvalue weighted by molar-refractivity contribution is 7.47. The number of aliphatic hydroxyl groups excluding tert-OH is 1. The number of unbranched alkanes of at least 4 members (excludes halogenated alkanes) is 7. The van der Waals surface area contributed by atoms with E-state index in [1.165, 1.54) is 19.3 Å². The van der Waals surface area contributed by atoms with Crippen molar-refractivity contribution in [1.82, 2.24) is 0 Å². The maximum atomic E-state index is 12.5. The van der Waals surface area contributed by atoms with Gasteiger partial charge in [0.25, 0.3) is 0 Å². The summed E-state index contributed by atoms with van der Waals surface area (Å²) in [5.41, 5.74) is 5.33.